The minimum absolute atomic E-state index is 0.201. The van der Waals surface area contributed by atoms with E-state index in [2.05, 4.69) is 15.8 Å². The van der Waals surface area contributed by atoms with Gasteiger partial charge in [0.25, 0.3) is 0 Å². The van der Waals surface area contributed by atoms with Crippen LogP contribution in [0, 0.1) is 0 Å². The van der Waals surface area contributed by atoms with Crippen LogP contribution < -0.4 is 10.7 Å². The van der Waals surface area contributed by atoms with Gasteiger partial charge < -0.3 is 10.1 Å². The number of nitrogens with one attached hydrogen (secondary N) is 2. The highest BCUT2D eigenvalue weighted by Gasteiger charge is 2.06. The molecule has 1 atom stereocenters. The maximum atomic E-state index is 5.19. The fourth-order valence-electron chi connectivity index (χ4n) is 2.10. The number of hydrogen-bond acceptors (Lipinski definition) is 3. The summed E-state index contributed by atoms with van der Waals surface area (Å²) in [6, 6.07) is 0.201. The summed E-state index contributed by atoms with van der Waals surface area (Å²) in [4.78, 5) is 0. The van der Waals surface area contributed by atoms with Gasteiger partial charge in [0.2, 0.25) is 0 Å². The molecule has 1 aliphatic rings. The Morgan fingerprint density at radius 1 is 1.28 bits per heavy atom. The van der Waals surface area contributed by atoms with Gasteiger partial charge in [-0.15, -0.1) is 0 Å². The Kier molecular flexibility index (Phi) is 7.93. The molecule has 1 rings (SSSR count). The highest BCUT2D eigenvalue weighted by molar-refractivity contribution is 7.80. The standard InChI is InChI=1S/C13H25N3OS/c1-11(10-17-2)14-13(18)16-15-12-8-6-4-3-5-7-9-12/h11H,3-10H2,1-2H3,(H2,14,16,18)/t11-/m0/s1. The van der Waals surface area contributed by atoms with E-state index >= 15 is 0 Å². The van der Waals surface area contributed by atoms with E-state index in [0.717, 1.165) is 12.8 Å². The van der Waals surface area contributed by atoms with Crippen LogP contribution in [0.25, 0.3) is 0 Å². The van der Waals surface area contributed by atoms with Gasteiger partial charge in [-0.25, -0.2) is 0 Å². The number of thiocarbonyl (C=S) groups is 1. The number of nitrogens with zero attached hydrogens (tertiary/aromatic N) is 1. The predicted octanol–water partition coefficient (Wildman–Crippen LogP) is 2.59. The van der Waals surface area contributed by atoms with E-state index in [-0.39, 0.29) is 6.04 Å². The normalized spacial score (nSPS) is 18.4. The summed E-state index contributed by atoms with van der Waals surface area (Å²) < 4.78 is 5.04. The monoisotopic (exact) mass is 271 g/mol. The molecule has 1 saturated carbocycles. The molecule has 104 valence electrons. The number of ether oxygens (including phenoxy) is 1. The van der Waals surface area contributed by atoms with Crippen LogP contribution in [0.3, 0.4) is 0 Å². The minimum atomic E-state index is 0.201. The second-order valence-electron chi connectivity index (χ2n) is 4.89. The molecule has 1 aliphatic carbocycles. The summed E-state index contributed by atoms with van der Waals surface area (Å²) in [5, 5.41) is 8.13. The zero-order valence-electron chi connectivity index (χ0n) is 11.5. The van der Waals surface area contributed by atoms with Crippen LogP contribution in [0.2, 0.25) is 0 Å². The van der Waals surface area contributed by atoms with Crippen molar-refractivity contribution in [2.24, 2.45) is 5.10 Å². The fraction of sp³-hybridized carbons (Fsp3) is 0.846. The highest BCUT2D eigenvalue weighted by Crippen LogP contribution is 2.14. The fourth-order valence-corrected chi connectivity index (χ4v) is 2.35. The summed E-state index contributed by atoms with van der Waals surface area (Å²) in [6.45, 7) is 2.67. The SMILES string of the molecule is COC[C@H](C)NC(=S)NN=C1CCCCCCC1. The lowest BCUT2D eigenvalue weighted by Crippen LogP contribution is -2.40. The molecule has 2 N–H and O–H groups in total. The molecule has 0 aromatic heterocycles. The first-order chi connectivity index (χ1) is 8.72. The van der Waals surface area contributed by atoms with Crippen molar-refractivity contribution in [3.63, 3.8) is 0 Å². The van der Waals surface area contributed by atoms with Gasteiger partial charge >= 0.3 is 0 Å². The predicted molar refractivity (Wildman–Crippen MR) is 80.0 cm³/mol. The van der Waals surface area contributed by atoms with Gasteiger partial charge in [-0.05, 0) is 44.8 Å². The second kappa shape index (κ2) is 9.28. The van der Waals surface area contributed by atoms with Gasteiger partial charge in [-0.1, -0.05) is 19.3 Å². The van der Waals surface area contributed by atoms with Crippen molar-refractivity contribution < 1.29 is 4.74 Å². The summed E-state index contributed by atoms with van der Waals surface area (Å²) in [7, 11) is 1.68. The van der Waals surface area contributed by atoms with E-state index in [1.165, 1.54) is 37.8 Å². The zero-order chi connectivity index (χ0) is 13.2. The Bertz CT molecular complexity index is 271. The maximum absolute atomic E-state index is 5.19. The first-order valence-electron chi connectivity index (χ1n) is 6.83. The zero-order valence-corrected chi connectivity index (χ0v) is 12.3. The van der Waals surface area contributed by atoms with Crippen LogP contribution in [-0.2, 0) is 4.74 Å². The van der Waals surface area contributed by atoms with E-state index in [9.17, 15) is 0 Å². The van der Waals surface area contributed by atoms with Crippen molar-refractivity contribution in [2.75, 3.05) is 13.7 Å². The minimum Gasteiger partial charge on any atom is -0.383 e. The highest BCUT2D eigenvalue weighted by atomic mass is 32.1. The molecule has 0 heterocycles. The first kappa shape index (κ1) is 15.4. The van der Waals surface area contributed by atoms with Crippen LogP contribution in [0.5, 0.6) is 0 Å². The smallest absolute Gasteiger partial charge is 0.187 e. The van der Waals surface area contributed by atoms with E-state index < -0.39 is 0 Å². The van der Waals surface area contributed by atoms with E-state index in [0.29, 0.717) is 11.7 Å². The lowest BCUT2D eigenvalue weighted by molar-refractivity contribution is 0.179. The van der Waals surface area contributed by atoms with Crippen LogP contribution >= 0.6 is 12.2 Å². The van der Waals surface area contributed by atoms with Gasteiger partial charge in [0.15, 0.2) is 5.11 Å². The quantitative estimate of drug-likeness (QED) is 0.609. The molecule has 1 fully saturated rings. The maximum Gasteiger partial charge on any atom is 0.187 e. The Balaban J connectivity index is 2.29. The third-order valence-electron chi connectivity index (χ3n) is 3.04. The summed E-state index contributed by atoms with van der Waals surface area (Å²) >= 11 is 5.19. The number of rotatable bonds is 4. The Hall–Kier alpha value is -0.680. The molecule has 4 nitrogen and oxygen atoms in total. The molecule has 0 saturated heterocycles. The number of hydrazone groups is 1. The summed E-state index contributed by atoms with van der Waals surface area (Å²) in [5.41, 5.74) is 4.19. The number of hydrogen-bond donors (Lipinski definition) is 2. The summed E-state index contributed by atoms with van der Waals surface area (Å²) in [5.74, 6) is 0. The van der Waals surface area contributed by atoms with Crippen molar-refractivity contribution in [3.8, 4) is 0 Å². The second-order valence-corrected chi connectivity index (χ2v) is 5.30. The van der Waals surface area contributed by atoms with Crippen molar-refractivity contribution in [3.05, 3.63) is 0 Å². The molecule has 0 amide bonds. The molecule has 18 heavy (non-hydrogen) atoms. The van der Waals surface area contributed by atoms with Gasteiger partial charge in [0, 0.05) is 18.9 Å². The average Bonchev–Trinajstić information content (AvgIpc) is 2.27. The third kappa shape index (κ3) is 6.91. The third-order valence-corrected chi connectivity index (χ3v) is 3.25. The number of methoxy groups -OCH3 is 1. The van der Waals surface area contributed by atoms with Crippen molar-refractivity contribution >= 4 is 23.0 Å². The molecular weight excluding hydrogens is 246 g/mol. The van der Waals surface area contributed by atoms with Gasteiger partial charge in [-0.3, -0.25) is 5.43 Å². The van der Waals surface area contributed by atoms with Crippen LogP contribution in [0.15, 0.2) is 5.10 Å². The van der Waals surface area contributed by atoms with E-state index in [1.54, 1.807) is 7.11 Å². The van der Waals surface area contributed by atoms with Crippen molar-refractivity contribution in [1.29, 1.82) is 0 Å². The molecule has 0 aliphatic heterocycles. The lowest BCUT2D eigenvalue weighted by Gasteiger charge is -2.15. The van der Waals surface area contributed by atoms with E-state index in [4.69, 9.17) is 17.0 Å². The topological polar surface area (TPSA) is 45.6 Å². The van der Waals surface area contributed by atoms with Gasteiger partial charge in [0.05, 0.1) is 6.61 Å². The van der Waals surface area contributed by atoms with Crippen LogP contribution in [-0.4, -0.2) is 30.6 Å². The average molecular weight is 271 g/mol. The Labute approximate surface area is 116 Å². The van der Waals surface area contributed by atoms with Crippen molar-refractivity contribution in [1.82, 2.24) is 10.7 Å². The molecule has 5 heteroatoms. The molecule has 0 aromatic rings. The molecule has 0 unspecified atom stereocenters. The van der Waals surface area contributed by atoms with Crippen molar-refractivity contribution in [2.45, 2.75) is 57.9 Å². The molecule has 0 spiro atoms. The summed E-state index contributed by atoms with van der Waals surface area (Å²) in [6.07, 6.45) is 8.72. The Morgan fingerprint density at radius 2 is 1.89 bits per heavy atom. The first-order valence-corrected chi connectivity index (χ1v) is 7.24. The lowest BCUT2D eigenvalue weighted by atomic mass is 9.99. The van der Waals surface area contributed by atoms with E-state index in [1.807, 2.05) is 6.92 Å². The molecule has 0 radical (unpaired) electrons. The Morgan fingerprint density at radius 3 is 2.50 bits per heavy atom. The molecular formula is C13H25N3OS. The molecule has 0 aromatic carbocycles. The van der Waals surface area contributed by atoms with Crippen LogP contribution in [0.4, 0.5) is 0 Å². The van der Waals surface area contributed by atoms with Crippen LogP contribution in [0.1, 0.15) is 51.9 Å². The molecule has 0 bridgehead atoms. The van der Waals surface area contributed by atoms with Gasteiger partial charge in [-0.2, -0.15) is 5.10 Å². The van der Waals surface area contributed by atoms with Gasteiger partial charge in [0.1, 0.15) is 0 Å². The largest absolute Gasteiger partial charge is 0.383 e.